The zero-order valence-corrected chi connectivity index (χ0v) is 13.3. The van der Waals surface area contributed by atoms with Gasteiger partial charge in [-0.2, -0.15) is 5.10 Å². The summed E-state index contributed by atoms with van der Waals surface area (Å²) in [6, 6.07) is 2.24. The molecule has 1 rings (SSSR count). The molecule has 1 heterocycles. The standard InChI is InChI=1S/C15H27N3O2/c1-12(2)17-15(4,14(19)20-5)9-6-7-11-18-13(3)8-10-16-18/h8,10,12,17H,6-7,9,11H2,1-5H3. The lowest BCUT2D eigenvalue weighted by molar-refractivity contribution is -0.148. The maximum Gasteiger partial charge on any atom is 0.325 e. The minimum Gasteiger partial charge on any atom is -0.468 e. The average molecular weight is 281 g/mol. The molecule has 0 saturated carbocycles. The van der Waals surface area contributed by atoms with Crippen molar-refractivity contribution in [1.82, 2.24) is 15.1 Å². The fourth-order valence-electron chi connectivity index (χ4n) is 2.47. The van der Waals surface area contributed by atoms with E-state index in [1.807, 2.05) is 44.6 Å². The second-order valence-electron chi connectivity index (χ2n) is 5.78. The van der Waals surface area contributed by atoms with E-state index < -0.39 is 5.54 Å². The number of hydrogen-bond donors (Lipinski definition) is 1. The van der Waals surface area contributed by atoms with Gasteiger partial charge in [-0.25, -0.2) is 0 Å². The number of unbranched alkanes of at least 4 members (excludes halogenated alkanes) is 1. The maximum atomic E-state index is 11.9. The Kier molecular flexibility index (Phi) is 6.20. The van der Waals surface area contributed by atoms with Crippen molar-refractivity contribution in [3.05, 3.63) is 18.0 Å². The minimum absolute atomic E-state index is 0.193. The lowest BCUT2D eigenvalue weighted by Gasteiger charge is -2.30. The normalized spacial score (nSPS) is 14.3. The number of aryl methyl sites for hydroxylation is 2. The maximum absolute atomic E-state index is 11.9. The summed E-state index contributed by atoms with van der Waals surface area (Å²) in [7, 11) is 1.44. The number of hydrogen-bond acceptors (Lipinski definition) is 4. The molecule has 0 spiro atoms. The number of rotatable bonds is 8. The van der Waals surface area contributed by atoms with Gasteiger partial charge in [-0.15, -0.1) is 0 Å². The molecule has 1 unspecified atom stereocenters. The number of methoxy groups -OCH3 is 1. The van der Waals surface area contributed by atoms with Crippen molar-refractivity contribution < 1.29 is 9.53 Å². The third-order valence-corrected chi connectivity index (χ3v) is 3.47. The number of carbonyl (C=O) groups excluding carboxylic acids is 1. The van der Waals surface area contributed by atoms with E-state index in [4.69, 9.17) is 4.74 Å². The Labute approximate surface area is 121 Å². The van der Waals surface area contributed by atoms with Crippen LogP contribution in [0.5, 0.6) is 0 Å². The zero-order chi connectivity index (χ0) is 15.2. The van der Waals surface area contributed by atoms with Gasteiger partial charge in [0, 0.05) is 24.5 Å². The van der Waals surface area contributed by atoms with E-state index in [0.717, 1.165) is 25.8 Å². The first kappa shape index (κ1) is 16.7. The molecule has 114 valence electrons. The highest BCUT2D eigenvalue weighted by atomic mass is 16.5. The van der Waals surface area contributed by atoms with Gasteiger partial charge in [0.2, 0.25) is 0 Å². The number of nitrogens with one attached hydrogen (secondary N) is 1. The van der Waals surface area contributed by atoms with Crippen LogP contribution in [0.4, 0.5) is 0 Å². The smallest absolute Gasteiger partial charge is 0.325 e. The summed E-state index contributed by atoms with van der Waals surface area (Å²) in [6.07, 6.45) is 4.52. The van der Waals surface area contributed by atoms with Crippen molar-refractivity contribution in [3.8, 4) is 0 Å². The molecule has 1 N–H and O–H groups in total. The number of aromatic nitrogens is 2. The van der Waals surface area contributed by atoms with E-state index in [0.29, 0.717) is 0 Å². The molecular formula is C15H27N3O2. The summed E-state index contributed by atoms with van der Waals surface area (Å²) in [6.45, 7) is 8.92. The third kappa shape index (κ3) is 4.63. The topological polar surface area (TPSA) is 56.2 Å². The number of carbonyl (C=O) groups is 1. The molecule has 5 nitrogen and oxygen atoms in total. The zero-order valence-electron chi connectivity index (χ0n) is 13.3. The quantitative estimate of drug-likeness (QED) is 0.587. The third-order valence-electron chi connectivity index (χ3n) is 3.47. The lowest BCUT2D eigenvalue weighted by atomic mass is 9.94. The van der Waals surface area contributed by atoms with E-state index >= 15 is 0 Å². The summed E-state index contributed by atoms with van der Waals surface area (Å²) in [5.74, 6) is -0.193. The van der Waals surface area contributed by atoms with Crippen LogP contribution in [-0.2, 0) is 16.1 Å². The minimum atomic E-state index is -0.609. The van der Waals surface area contributed by atoms with Crippen LogP contribution in [-0.4, -0.2) is 34.4 Å². The summed E-state index contributed by atoms with van der Waals surface area (Å²) in [5, 5.41) is 7.57. The second-order valence-corrected chi connectivity index (χ2v) is 5.78. The number of esters is 1. The highest BCUT2D eigenvalue weighted by Crippen LogP contribution is 2.17. The Bertz CT molecular complexity index is 429. The van der Waals surface area contributed by atoms with Crippen molar-refractivity contribution in [2.24, 2.45) is 0 Å². The first-order chi connectivity index (χ1) is 9.39. The molecule has 0 radical (unpaired) electrons. The largest absolute Gasteiger partial charge is 0.468 e. The molecular weight excluding hydrogens is 254 g/mol. The fourth-order valence-corrected chi connectivity index (χ4v) is 2.47. The molecule has 1 aromatic heterocycles. The molecule has 0 saturated heterocycles. The predicted molar refractivity (Wildman–Crippen MR) is 79.5 cm³/mol. The Morgan fingerprint density at radius 2 is 2.20 bits per heavy atom. The Hall–Kier alpha value is -1.36. The Morgan fingerprint density at radius 3 is 2.70 bits per heavy atom. The highest BCUT2D eigenvalue weighted by Gasteiger charge is 2.33. The molecule has 20 heavy (non-hydrogen) atoms. The number of ether oxygens (including phenoxy) is 1. The molecule has 0 aliphatic rings. The van der Waals surface area contributed by atoms with Gasteiger partial charge in [0.15, 0.2) is 0 Å². The number of nitrogens with zero attached hydrogens (tertiary/aromatic N) is 2. The first-order valence-electron chi connectivity index (χ1n) is 7.23. The summed E-state index contributed by atoms with van der Waals surface area (Å²) < 4.78 is 6.91. The molecule has 0 aliphatic heterocycles. The average Bonchev–Trinajstić information content (AvgIpc) is 2.78. The van der Waals surface area contributed by atoms with Crippen molar-refractivity contribution in [3.63, 3.8) is 0 Å². The van der Waals surface area contributed by atoms with Crippen LogP contribution in [0.25, 0.3) is 0 Å². The van der Waals surface area contributed by atoms with Gasteiger partial charge in [-0.1, -0.05) is 0 Å². The molecule has 0 amide bonds. The summed E-state index contributed by atoms with van der Waals surface area (Å²) in [5.41, 5.74) is 0.559. The van der Waals surface area contributed by atoms with E-state index in [2.05, 4.69) is 10.4 Å². The van der Waals surface area contributed by atoms with Gasteiger partial charge in [0.1, 0.15) is 5.54 Å². The van der Waals surface area contributed by atoms with Gasteiger partial charge < -0.3 is 4.74 Å². The van der Waals surface area contributed by atoms with Crippen LogP contribution in [0, 0.1) is 6.92 Å². The van der Waals surface area contributed by atoms with Crippen LogP contribution < -0.4 is 5.32 Å². The SMILES string of the molecule is COC(=O)C(C)(CCCCn1nccc1C)NC(C)C. The Morgan fingerprint density at radius 1 is 1.50 bits per heavy atom. The Balaban J connectivity index is 2.46. The predicted octanol–water partition coefficient (Wildman–Crippen LogP) is 2.29. The van der Waals surface area contributed by atoms with Gasteiger partial charge in [0.25, 0.3) is 0 Å². The molecule has 0 bridgehead atoms. The van der Waals surface area contributed by atoms with E-state index in [9.17, 15) is 4.79 Å². The fraction of sp³-hybridized carbons (Fsp3) is 0.733. The lowest BCUT2D eigenvalue weighted by Crippen LogP contribution is -2.52. The van der Waals surface area contributed by atoms with Gasteiger partial charge in [-0.3, -0.25) is 14.8 Å². The van der Waals surface area contributed by atoms with Gasteiger partial charge in [0.05, 0.1) is 7.11 Å². The van der Waals surface area contributed by atoms with Crippen molar-refractivity contribution >= 4 is 5.97 Å². The summed E-state index contributed by atoms with van der Waals surface area (Å²) in [4.78, 5) is 11.9. The van der Waals surface area contributed by atoms with Gasteiger partial charge in [-0.05, 0) is 53.0 Å². The monoisotopic (exact) mass is 281 g/mol. The molecule has 1 aromatic rings. The second kappa shape index (κ2) is 7.43. The van der Waals surface area contributed by atoms with Crippen LogP contribution in [0.1, 0.15) is 45.7 Å². The van der Waals surface area contributed by atoms with E-state index in [-0.39, 0.29) is 12.0 Å². The van der Waals surface area contributed by atoms with E-state index in [1.165, 1.54) is 12.8 Å². The molecule has 5 heteroatoms. The molecule has 0 aliphatic carbocycles. The van der Waals surface area contributed by atoms with Crippen LogP contribution in [0.2, 0.25) is 0 Å². The van der Waals surface area contributed by atoms with Gasteiger partial charge >= 0.3 is 5.97 Å². The highest BCUT2D eigenvalue weighted by molar-refractivity contribution is 5.80. The van der Waals surface area contributed by atoms with Crippen molar-refractivity contribution in [1.29, 1.82) is 0 Å². The molecule has 0 aromatic carbocycles. The van der Waals surface area contributed by atoms with E-state index in [1.54, 1.807) is 0 Å². The van der Waals surface area contributed by atoms with Crippen molar-refractivity contribution in [2.75, 3.05) is 7.11 Å². The van der Waals surface area contributed by atoms with Crippen LogP contribution in [0.15, 0.2) is 12.3 Å². The molecule has 1 atom stereocenters. The summed E-state index contributed by atoms with van der Waals surface area (Å²) >= 11 is 0. The first-order valence-corrected chi connectivity index (χ1v) is 7.23. The van der Waals surface area contributed by atoms with Crippen molar-refractivity contribution in [2.45, 2.75) is 65.1 Å². The van der Waals surface area contributed by atoms with Crippen LogP contribution >= 0.6 is 0 Å². The molecule has 0 fully saturated rings. The van der Waals surface area contributed by atoms with Crippen LogP contribution in [0.3, 0.4) is 0 Å².